The van der Waals surface area contributed by atoms with Crippen molar-refractivity contribution in [1.29, 1.82) is 0 Å². The predicted octanol–water partition coefficient (Wildman–Crippen LogP) is 3.56. The average Bonchev–Trinajstić information content (AvgIpc) is 3.17. The first-order valence-corrected chi connectivity index (χ1v) is 10.1. The van der Waals surface area contributed by atoms with Crippen molar-refractivity contribution in [2.24, 2.45) is 4.99 Å². The summed E-state index contributed by atoms with van der Waals surface area (Å²) in [6.07, 6.45) is 1.06. The first-order chi connectivity index (χ1) is 13.7. The third-order valence-electron chi connectivity index (χ3n) is 4.32. The number of nitrogens with zero attached hydrogens (tertiary/aromatic N) is 4. The highest BCUT2D eigenvalue weighted by Gasteiger charge is 2.10. The van der Waals surface area contributed by atoms with Gasteiger partial charge in [0.1, 0.15) is 12.3 Å². The molecule has 1 aliphatic heterocycles. The highest BCUT2D eigenvalue weighted by Crippen LogP contribution is 2.25. The number of aliphatic imine (C=N–C) groups is 1. The lowest BCUT2D eigenvalue weighted by Crippen LogP contribution is -2.35. The van der Waals surface area contributed by atoms with E-state index in [1.54, 1.807) is 0 Å². The van der Waals surface area contributed by atoms with Crippen LogP contribution in [0.5, 0.6) is 5.88 Å². The van der Waals surface area contributed by atoms with Crippen molar-refractivity contribution >= 4 is 22.4 Å². The van der Waals surface area contributed by atoms with Crippen LogP contribution >= 0.6 is 11.3 Å². The van der Waals surface area contributed by atoms with Gasteiger partial charge in [0.25, 0.3) is 0 Å². The molecule has 0 bridgehead atoms. The van der Waals surface area contributed by atoms with Gasteiger partial charge < -0.3 is 15.4 Å². The van der Waals surface area contributed by atoms with Crippen LogP contribution in [0.25, 0.3) is 11.4 Å². The maximum Gasteiger partial charge on any atom is 0.214 e. The monoisotopic (exact) mass is 394 g/mol. The second-order valence-corrected chi connectivity index (χ2v) is 7.38. The van der Waals surface area contributed by atoms with Gasteiger partial charge in [0.2, 0.25) is 5.88 Å². The molecule has 0 spiro atoms. The van der Waals surface area contributed by atoms with E-state index in [9.17, 15) is 0 Å². The van der Waals surface area contributed by atoms with E-state index in [1.165, 1.54) is 11.3 Å². The normalized spacial score (nSPS) is 13.6. The van der Waals surface area contributed by atoms with Gasteiger partial charge in [-0.25, -0.2) is 9.97 Å². The van der Waals surface area contributed by atoms with Gasteiger partial charge in [-0.3, -0.25) is 9.98 Å². The molecule has 0 aromatic carbocycles. The van der Waals surface area contributed by atoms with Gasteiger partial charge in [0.15, 0.2) is 11.1 Å². The van der Waals surface area contributed by atoms with Crippen LogP contribution in [0.15, 0.2) is 40.7 Å². The minimum Gasteiger partial charge on any atom is -0.473 e. The lowest BCUT2D eigenvalue weighted by molar-refractivity contribution is 0.293. The van der Waals surface area contributed by atoms with Crippen molar-refractivity contribution in [3.63, 3.8) is 0 Å². The SMILES string of the molecule is Cc1ccc(COc2cccc(-c3csc(NC4=NCCCN4)n3)n2)c(C)n1. The molecule has 0 amide bonds. The molecule has 3 aromatic heterocycles. The highest BCUT2D eigenvalue weighted by atomic mass is 32.1. The van der Waals surface area contributed by atoms with Crippen LogP contribution in [0.3, 0.4) is 0 Å². The lowest BCUT2D eigenvalue weighted by atomic mass is 10.2. The molecular weight excluding hydrogens is 372 g/mol. The summed E-state index contributed by atoms with van der Waals surface area (Å²) in [6, 6.07) is 9.75. The van der Waals surface area contributed by atoms with Crippen molar-refractivity contribution in [3.8, 4) is 17.3 Å². The number of ether oxygens (including phenoxy) is 1. The fraction of sp³-hybridized carbons (Fsp3) is 0.300. The van der Waals surface area contributed by atoms with E-state index in [-0.39, 0.29) is 0 Å². The van der Waals surface area contributed by atoms with Crippen LogP contribution in [0.4, 0.5) is 5.13 Å². The first-order valence-electron chi connectivity index (χ1n) is 9.21. The minimum atomic E-state index is 0.435. The van der Waals surface area contributed by atoms with E-state index in [4.69, 9.17) is 4.74 Å². The molecule has 2 N–H and O–H groups in total. The number of pyridine rings is 2. The second kappa shape index (κ2) is 8.35. The van der Waals surface area contributed by atoms with Gasteiger partial charge in [-0.1, -0.05) is 12.1 Å². The van der Waals surface area contributed by atoms with Crippen LogP contribution < -0.4 is 15.4 Å². The molecule has 7 nitrogen and oxygen atoms in total. The molecule has 8 heteroatoms. The van der Waals surface area contributed by atoms with E-state index in [1.807, 2.05) is 49.6 Å². The molecule has 0 fully saturated rings. The molecule has 0 radical (unpaired) electrons. The molecule has 0 saturated heterocycles. The van der Waals surface area contributed by atoms with E-state index < -0.39 is 0 Å². The van der Waals surface area contributed by atoms with Gasteiger partial charge in [0.05, 0.1) is 5.69 Å². The predicted molar refractivity (Wildman–Crippen MR) is 112 cm³/mol. The summed E-state index contributed by atoms with van der Waals surface area (Å²) in [7, 11) is 0. The van der Waals surface area contributed by atoms with Crippen LogP contribution in [0.1, 0.15) is 23.4 Å². The Balaban J connectivity index is 1.44. The van der Waals surface area contributed by atoms with Crippen molar-refractivity contribution < 1.29 is 4.74 Å². The van der Waals surface area contributed by atoms with Crippen LogP contribution in [0.2, 0.25) is 0 Å². The Hall–Kier alpha value is -3.00. The number of rotatable bonds is 5. The maximum absolute atomic E-state index is 5.88. The summed E-state index contributed by atoms with van der Waals surface area (Å²) in [5.74, 6) is 1.34. The molecule has 3 aromatic rings. The molecule has 0 aliphatic carbocycles. The number of aromatic nitrogens is 3. The third kappa shape index (κ3) is 4.45. The van der Waals surface area contributed by atoms with E-state index in [2.05, 4.69) is 30.6 Å². The Morgan fingerprint density at radius 1 is 1.11 bits per heavy atom. The smallest absolute Gasteiger partial charge is 0.214 e. The number of aryl methyl sites for hydroxylation is 2. The van der Waals surface area contributed by atoms with Crippen molar-refractivity contribution in [1.82, 2.24) is 20.3 Å². The Bertz CT molecular complexity index is 1000. The van der Waals surface area contributed by atoms with Crippen molar-refractivity contribution in [2.75, 3.05) is 18.4 Å². The van der Waals surface area contributed by atoms with Crippen LogP contribution in [0, 0.1) is 13.8 Å². The summed E-state index contributed by atoms with van der Waals surface area (Å²) in [5.41, 5.74) is 4.62. The van der Waals surface area contributed by atoms with Gasteiger partial charge >= 0.3 is 0 Å². The Morgan fingerprint density at radius 2 is 2.04 bits per heavy atom. The van der Waals surface area contributed by atoms with E-state index in [0.29, 0.717) is 12.5 Å². The number of guanidine groups is 1. The molecular formula is C20H22N6OS. The largest absolute Gasteiger partial charge is 0.473 e. The lowest BCUT2D eigenvalue weighted by Gasteiger charge is -2.14. The molecule has 144 valence electrons. The summed E-state index contributed by atoms with van der Waals surface area (Å²) < 4.78 is 5.88. The number of nitrogens with one attached hydrogen (secondary N) is 2. The summed E-state index contributed by atoms with van der Waals surface area (Å²) in [6.45, 7) is 6.18. The zero-order chi connectivity index (χ0) is 19.3. The molecule has 4 heterocycles. The zero-order valence-corrected chi connectivity index (χ0v) is 16.7. The Kier molecular flexibility index (Phi) is 5.48. The number of anilines is 1. The Morgan fingerprint density at radius 3 is 2.86 bits per heavy atom. The van der Waals surface area contributed by atoms with Gasteiger partial charge in [-0.15, -0.1) is 11.3 Å². The number of thiazole rings is 1. The average molecular weight is 395 g/mol. The fourth-order valence-corrected chi connectivity index (χ4v) is 3.53. The van der Waals surface area contributed by atoms with Crippen LogP contribution in [-0.2, 0) is 6.61 Å². The fourth-order valence-electron chi connectivity index (χ4n) is 2.82. The number of hydrogen-bond donors (Lipinski definition) is 2. The number of hydrogen-bond acceptors (Lipinski definition) is 8. The maximum atomic E-state index is 5.88. The second-order valence-electron chi connectivity index (χ2n) is 6.52. The standard InChI is InChI=1S/C20H22N6OS/c1-13-7-8-15(14(2)23-13)11-27-18-6-3-5-16(24-18)17-12-28-20(25-17)26-19-21-9-4-10-22-19/h3,5-8,12H,4,9-11H2,1-2H3,(H2,21,22,25,26). The zero-order valence-electron chi connectivity index (χ0n) is 15.9. The quantitative estimate of drug-likeness (QED) is 0.688. The third-order valence-corrected chi connectivity index (χ3v) is 5.08. The Labute approximate surface area is 168 Å². The van der Waals surface area contributed by atoms with Gasteiger partial charge in [0, 0.05) is 41.5 Å². The summed E-state index contributed by atoms with van der Waals surface area (Å²) in [5, 5.41) is 9.22. The van der Waals surface area contributed by atoms with Gasteiger partial charge in [-0.05, 0) is 32.4 Å². The summed E-state index contributed by atoms with van der Waals surface area (Å²) >= 11 is 1.53. The summed E-state index contributed by atoms with van der Waals surface area (Å²) in [4.78, 5) is 18.1. The molecule has 0 atom stereocenters. The molecule has 0 unspecified atom stereocenters. The van der Waals surface area contributed by atoms with Crippen LogP contribution in [-0.4, -0.2) is 34.0 Å². The van der Waals surface area contributed by atoms with Crippen molar-refractivity contribution in [2.45, 2.75) is 26.9 Å². The van der Waals surface area contributed by atoms with Gasteiger partial charge in [-0.2, -0.15) is 0 Å². The first kappa shape index (κ1) is 18.4. The molecule has 1 aliphatic rings. The topological polar surface area (TPSA) is 84.3 Å². The molecule has 4 rings (SSSR count). The molecule has 28 heavy (non-hydrogen) atoms. The van der Waals surface area contributed by atoms with Crippen molar-refractivity contribution in [3.05, 3.63) is 52.7 Å². The molecule has 0 saturated carbocycles. The van der Waals surface area contributed by atoms with E-state index in [0.717, 1.165) is 58.9 Å². The van der Waals surface area contributed by atoms with E-state index >= 15 is 0 Å². The highest BCUT2D eigenvalue weighted by molar-refractivity contribution is 7.14. The minimum absolute atomic E-state index is 0.435.